The predicted molar refractivity (Wildman–Crippen MR) is 115 cm³/mol. The van der Waals surface area contributed by atoms with E-state index >= 15 is 0 Å². The molecule has 2 amide bonds. The van der Waals surface area contributed by atoms with Gasteiger partial charge in [-0.3, -0.25) is 9.59 Å². The summed E-state index contributed by atoms with van der Waals surface area (Å²) in [4.78, 5) is 26.0. The first-order chi connectivity index (χ1) is 14.4. The second-order valence-electron chi connectivity index (χ2n) is 7.62. The molecule has 0 radical (unpaired) electrons. The third-order valence-corrected chi connectivity index (χ3v) is 7.17. The van der Waals surface area contributed by atoms with Crippen molar-refractivity contribution in [1.29, 1.82) is 0 Å². The van der Waals surface area contributed by atoms with Gasteiger partial charge in [0, 0.05) is 41.5 Å². The van der Waals surface area contributed by atoms with Gasteiger partial charge in [0.25, 0.3) is 0 Å². The highest BCUT2D eigenvalue weighted by molar-refractivity contribution is 8.01. The molecule has 1 saturated heterocycles. The second kappa shape index (κ2) is 8.96. The van der Waals surface area contributed by atoms with Gasteiger partial charge in [0.1, 0.15) is 5.82 Å². The molecule has 2 aromatic carbocycles. The summed E-state index contributed by atoms with van der Waals surface area (Å²) in [5.74, 6) is -0.677. The highest BCUT2D eigenvalue weighted by Crippen LogP contribution is 2.38. The van der Waals surface area contributed by atoms with E-state index in [1.807, 2.05) is 6.07 Å². The quantitative estimate of drug-likeness (QED) is 0.721. The molecule has 5 nitrogen and oxygen atoms in total. The summed E-state index contributed by atoms with van der Waals surface area (Å²) in [6.07, 6.45) is 1.56. The molecule has 1 unspecified atom stereocenters. The number of amides is 2. The minimum atomic E-state index is -0.505. The van der Waals surface area contributed by atoms with Gasteiger partial charge in [-0.25, -0.2) is 4.39 Å². The number of fused-ring (bicyclic) bond motifs is 1. The maximum Gasteiger partial charge on any atom is 0.238 e. The molecular weight excluding hydrogens is 427 g/mol. The lowest BCUT2D eigenvalue weighted by molar-refractivity contribution is -0.124. The summed E-state index contributed by atoms with van der Waals surface area (Å²) < 4.78 is 18.9. The number of nitrogens with one attached hydrogen (secondary N) is 2. The first kappa shape index (κ1) is 21.2. The van der Waals surface area contributed by atoms with E-state index in [9.17, 15) is 14.0 Å². The number of thioether (sulfide) groups is 1. The molecule has 0 bridgehead atoms. The Morgan fingerprint density at radius 2 is 1.97 bits per heavy atom. The standard InChI is InChI=1S/C22H22ClFN2O3S/c23-15-3-6-18-17(11-15)26-21(28)19(30-18)12-20(27)25-13-22(7-9-29-10-8-22)14-1-4-16(24)5-2-14/h1-6,11,19H,7-10,12-13H2,(H,25,27)(H,26,28). The van der Waals surface area contributed by atoms with Gasteiger partial charge in [0.2, 0.25) is 11.8 Å². The fourth-order valence-electron chi connectivity index (χ4n) is 3.90. The summed E-state index contributed by atoms with van der Waals surface area (Å²) in [7, 11) is 0. The van der Waals surface area contributed by atoms with Gasteiger partial charge in [-0.15, -0.1) is 11.8 Å². The van der Waals surface area contributed by atoms with Crippen molar-refractivity contribution in [2.24, 2.45) is 0 Å². The molecule has 2 aliphatic rings. The van der Waals surface area contributed by atoms with E-state index in [1.165, 1.54) is 23.9 Å². The summed E-state index contributed by atoms with van der Waals surface area (Å²) in [6, 6.07) is 11.8. The Labute approximate surface area is 183 Å². The van der Waals surface area contributed by atoms with Crippen molar-refractivity contribution >= 4 is 40.9 Å². The Hall–Kier alpha value is -2.09. The number of anilines is 1. The molecule has 4 rings (SSSR count). The van der Waals surface area contributed by atoms with Crippen molar-refractivity contribution in [2.45, 2.75) is 34.8 Å². The zero-order valence-electron chi connectivity index (χ0n) is 16.3. The van der Waals surface area contributed by atoms with Crippen LogP contribution in [0.5, 0.6) is 0 Å². The second-order valence-corrected chi connectivity index (χ2v) is 9.30. The largest absolute Gasteiger partial charge is 0.381 e. The van der Waals surface area contributed by atoms with E-state index in [0.29, 0.717) is 30.5 Å². The monoisotopic (exact) mass is 448 g/mol. The summed E-state index contributed by atoms with van der Waals surface area (Å²) in [6.45, 7) is 1.60. The Morgan fingerprint density at radius 3 is 2.70 bits per heavy atom. The average molecular weight is 449 g/mol. The van der Waals surface area contributed by atoms with Gasteiger partial charge in [-0.1, -0.05) is 23.7 Å². The Kier molecular flexibility index (Phi) is 6.32. The van der Waals surface area contributed by atoms with Gasteiger partial charge in [0.05, 0.1) is 10.9 Å². The van der Waals surface area contributed by atoms with E-state index < -0.39 is 5.25 Å². The van der Waals surface area contributed by atoms with Gasteiger partial charge in [0.15, 0.2) is 0 Å². The number of halogens is 2. The van der Waals surface area contributed by atoms with Crippen LogP contribution in [0.4, 0.5) is 10.1 Å². The third kappa shape index (κ3) is 4.63. The zero-order valence-corrected chi connectivity index (χ0v) is 17.8. The van der Waals surface area contributed by atoms with Gasteiger partial charge >= 0.3 is 0 Å². The van der Waals surface area contributed by atoms with Crippen LogP contribution >= 0.6 is 23.4 Å². The molecule has 0 spiro atoms. The highest BCUT2D eigenvalue weighted by Gasteiger charge is 2.36. The van der Waals surface area contributed by atoms with Crippen molar-refractivity contribution in [3.63, 3.8) is 0 Å². The lowest BCUT2D eigenvalue weighted by atomic mass is 9.74. The van der Waals surface area contributed by atoms with E-state index in [0.717, 1.165) is 23.3 Å². The Bertz CT molecular complexity index is 948. The first-order valence-corrected chi connectivity index (χ1v) is 11.1. The van der Waals surface area contributed by atoms with Crippen LogP contribution < -0.4 is 10.6 Å². The number of carbonyl (C=O) groups is 2. The minimum Gasteiger partial charge on any atom is -0.381 e. The number of ether oxygens (including phenoxy) is 1. The van der Waals surface area contributed by atoms with E-state index in [1.54, 1.807) is 24.3 Å². The van der Waals surface area contributed by atoms with Crippen LogP contribution in [-0.4, -0.2) is 36.8 Å². The SMILES string of the molecule is O=C(CC1Sc2ccc(Cl)cc2NC1=O)NCC1(c2ccc(F)cc2)CCOCC1. The van der Waals surface area contributed by atoms with Crippen molar-refractivity contribution in [3.05, 3.63) is 58.9 Å². The molecule has 0 saturated carbocycles. The molecule has 8 heteroatoms. The molecule has 30 heavy (non-hydrogen) atoms. The molecular formula is C22H22ClFN2O3S. The van der Waals surface area contributed by atoms with Crippen LogP contribution in [0.2, 0.25) is 5.02 Å². The topological polar surface area (TPSA) is 67.4 Å². The fourth-order valence-corrected chi connectivity index (χ4v) is 5.16. The predicted octanol–water partition coefficient (Wildman–Crippen LogP) is 4.15. The maximum absolute atomic E-state index is 13.4. The molecule has 158 valence electrons. The van der Waals surface area contributed by atoms with E-state index in [2.05, 4.69) is 10.6 Å². The van der Waals surface area contributed by atoms with Crippen molar-refractivity contribution in [1.82, 2.24) is 5.32 Å². The van der Waals surface area contributed by atoms with Crippen molar-refractivity contribution in [2.75, 3.05) is 25.1 Å². The molecule has 2 N–H and O–H groups in total. The van der Waals surface area contributed by atoms with Gasteiger partial charge in [-0.05, 0) is 48.7 Å². The van der Waals surface area contributed by atoms with Crippen LogP contribution in [0.3, 0.4) is 0 Å². The number of hydrogen-bond acceptors (Lipinski definition) is 4. The smallest absolute Gasteiger partial charge is 0.238 e. The summed E-state index contributed by atoms with van der Waals surface area (Å²) >= 11 is 7.35. The molecule has 1 fully saturated rings. The summed E-state index contributed by atoms with van der Waals surface area (Å²) in [5.41, 5.74) is 1.36. The molecule has 1 atom stereocenters. The molecule has 2 heterocycles. The maximum atomic E-state index is 13.4. The number of carbonyl (C=O) groups excluding carboxylic acids is 2. The molecule has 0 aliphatic carbocycles. The van der Waals surface area contributed by atoms with Gasteiger partial charge in [-0.2, -0.15) is 0 Å². The highest BCUT2D eigenvalue weighted by atomic mass is 35.5. The van der Waals surface area contributed by atoms with Crippen LogP contribution in [-0.2, 0) is 19.7 Å². The fraction of sp³-hybridized carbons (Fsp3) is 0.364. The number of rotatable bonds is 5. The lowest BCUT2D eigenvalue weighted by Gasteiger charge is -2.38. The van der Waals surface area contributed by atoms with Gasteiger partial charge < -0.3 is 15.4 Å². The molecule has 2 aliphatic heterocycles. The van der Waals surface area contributed by atoms with Crippen LogP contribution in [0.15, 0.2) is 47.4 Å². The first-order valence-electron chi connectivity index (χ1n) is 9.83. The van der Waals surface area contributed by atoms with E-state index in [-0.39, 0.29) is 29.5 Å². The Morgan fingerprint density at radius 1 is 1.23 bits per heavy atom. The van der Waals surface area contributed by atoms with Crippen LogP contribution in [0.1, 0.15) is 24.8 Å². The number of hydrogen-bond donors (Lipinski definition) is 2. The van der Waals surface area contributed by atoms with Crippen LogP contribution in [0, 0.1) is 5.82 Å². The average Bonchev–Trinajstić information content (AvgIpc) is 2.74. The van der Waals surface area contributed by atoms with Crippen LogP contribution in [0.25, 0.3) is 0 Å². The number of benzene rings is 2. The lowest BCUT2D eigenvalue weighted by Crippen LogP contribution is -2.45. The van der Waals surface area contributed by atoms with Crippen molar-refractivity contribution < 1.29 is 18.7 Å². The normalized spacial score (nSPS) is 20.2. The van der Waals surface area contributed by atoms with Crippen molar-refractivity contribution in [3.8, 4) is 0 Å². The molecule has 0 aromatic heterocycles. The summed E-state index contributed by atoms with van der Waals surface area (Å²) in [5, 5.41) is 5.87. The van der Waals surface area contributed by atoms with E-state index in [4.69, 9.17) is 16.3 Å². The Balaban J connectivity index is 1.41. The zero-order chi connectivity index (χ0) is 21.1. The minimum absolute atomic E-state index is 0.0779. The third-order valence-electron chi connectivity index (χ3n) is 5.66. The molecule has 2 aromatic rings.